The number of nitrogen functional groups attached to an aromatic ring is 1. The Hall–Kier alpha value is -2.37. The molecule has 0 spiro atoms. The van der Waals surface area contributed by atoms with Crippen LogP contribution in [0.15, 0.2) is 30.9 Å². The zero-order valence-corrected chi connectivity index (χ0v) is 10.9. The number of hydrogen-bond acceptors (Lipinski definition) is 5. The van der Waals surface area contributed by atoms with Gasteiger partial charge in [-0.2, -0.15) is 0 Å². The molecule has 6 nitrogen and oxygen atoms in total. The zero-order valence-electron chi connectivity index (χ0n) is 10.9. The average molecular weight is 260 g/mol. The van der Waals surface area contributed by atoms with E-state index < -0.39 is 6.04 Å². The molecule has 2 N–H and O–H groups in total. The number of hydrogen-bond donors (Lipinski definition) is 1. The molecule has 0 bridgehead atoms. The summed E-state index contributed by atoms with van der Waals surface area (Å²) in [7, 11) is 0. The highest BCUT2D eigenvalue weighted by molar-refractivity contribution is 5.75. The molecule has 2 aromatic rings. The molecule has 2 aromatic heterocycles. The number of esters is 1. The van der Waals surface area contributed by atoms with Gasteiger partial charge < -0.3 is 15.0 Å². The second kappa shape index (κ2) is 5.51. The minimum Gasteiger partial charge on any atom is -0.464 e. The van der Waals surface area contributed by atoms with Crippen LogP contribution in [-0.4, -0.2) is 27.1 Å². The maximum absolute atomic E-state index is 11.8. The van der Waals surface area contributed by atoms with Crippen LogP contribution in [0.1, 0.15) is 19.9 Å². The Bertz CT molecular complexity index is 562. The van der Waals surface area contributed by atoms with Gasteiger partial charge in [0.05, 0.1) is 24.8 Å². The SMILES string of the molecule is CCOC(=O)C(C)n1cncc1-c1ccc(N)nc1. The highest BCUT2D eigenvalue weighted by Gasteiger charge is 2.19. The van der Waals surface area contributed by atoms with Crippen molar-refractivity contribution in [3.05, 3.63) is 30.9 Å². The van der Waals surface area contributed by atoms with E-state index in [2.05, 4.69) is 9.97 Å². The molecule has 1 atom stereocenters. The molecule has 0 aliphatic heterocycles. The van der Waals surface area contributed by atoms with Crippen LogP contribution in [0.5, 0.6) is 0 Å². The number of pyridine rings is 1. The molecule has 0 radical (unpaired) electrons. The number of carbonyl (C=O) groups is 1. The minimum atomic E-state index is -0.435. The lowest BCUT2D eigenvalue weighted by Gasteiger charge is -2.15. The van der Waals surface area contributed by atoms with Crippen molar-refractivity contribution >= 4 is 11.8 Å². The number of nitrogens with zero attached hydrogens (tertiary/aromatic N) is 3. The van der Waals surface area contributed by atoms with Crippen molar-refractivity contribution in [1.29, 1.82) is 0 Å². The normalized spacial score (nSPS) is 12.1. The molecule has 0 saturated carbocycles. The second-order valence-electron chi connectivity index (χ2n) is 4.09. The number of anilines is 1. The Balaban J connectivity index is 2.32. The fraction of sp³-hybridized carbons (Fsp3) is 0.308. The molecule has 6 heteroatoms. The Labute approximate surface area is 111 Å². The van der Waals surface area contributed by atoms with Gasteiger partial charge in [-0.1, -0.05) is 0 Å². The van der Waals surface area contributed by atoms with E-state index in [9.17, 15) is 4.79 Å². The first-order valence-corrected chi connectivity index (χ1v) is 6.03. The van der Waals surface area contributed by atoms with Crippen LogP contribution in [0.2, 0.25) is 0 Å². The van der Waals surface area contributed by atoms with E-state index in [0.29, 0.717) is 12.4 Å². The van der Waals surface area contributed by atoms with Crippen LogP contribution < -0.4 is 5.73 Å². The van der Waals surface area contributed by atoms with Gasteiger partial charge in [-0.05, 0) is 26.0 Å². The van der Waals surface area contributed by atoms with Gasteiger partial charge in [0, 0.05) is 11.8 Å². The topological polar surface area (TPSA) is 83.0 Å². The molecule has 0 aromatic carbocycles. The van der Waals surface area contributed by atoms with Crippen molar-refractivity contribution in [2.75, 3.05) is 12.3 Å². The fourth-order valence-electron chi connectivity index (χ4n) is 1.77. The molecular weight excluding hydrogens is 244 g/mol. The van der Waals surface area contributed by atoms with Gasteiger partial charge in [0.2, 0.25) is 0 Å². The number of ether oxygens (including phenoxy) is 1. The summed E-state index contributed by atoms with van der Waals surface area (Å²) in [6.45, 7) is 3.91. The second-order valence-corrected chi connectivity index (χ2v) is 4.09. The summed E-state index contributed by atoms with van der Waals surface area (Å²) < 4.78 is 6.77. The standard InChI is InChI=1S/C13H16N4O2/c1-3-19-13(18)9(2)17-8-15-7-11(17)10-4-5-12(14)16-6-10/h4-9H,3H2,1-2H3,(H2,14,16). The predicted molar refractivity (Wildman–Crippen MR) is 71.2 cm³/mol. The van der Waals surface area contributed by atoms with E-state index in [1.54, 1.807) is 43.2 Å². The first kappa shape index (κ1) is 13.1. The van der Waals surface area contributed by atoms with Gasteiger partial charge in [0.15, 0.2) is 0 Å². The lowest BCUT2D eigenvalue weighted by molar-refractivity contribution is -0.146. The third kappa shape index (κ3) is 2.73. The van der Waals surface area contributed by atoms with Gasteiger partial charge >= 0.3 is 5.97 Å². The van der Waals surface area contributed by atoms with E-state index in [1.807, 2.05) is 6.07 Å². The molecule has 2 rings (SSSR count). The summed E-state index contributed by atoms with van der Waals surface area (Å²) in [6, 6.07) is 3.12. The zero-order chi connectivity index (χ0) is 13.8. The third-order valence-corrected chi connectivity index (χ3v) is 2.79. The predicted octanol–water partition coefficient (Wildman–Crippen LogP) is 1.65. The molecule has 100 valence electrons. The van der Waals surface area contributed by atoms with Gasteiger partial charge in [-0.3, -0.25) is 0 Å². The molecule has 0 aliphatic carbocycles. The Kier molecular flexibility index (Phi) is 3.79. The minimum absolute atomic E-state index is 0.287. The summed E-state index contributed by atoms with van der Waals surface area (Å²) in [4.78, 5) is 19.9. The van der Waals surface area contributed by atoms with E-state index in [-0.39, 0.29) is 5.97 Å². The molecule has 1 unspecified atom stereocenters. The van der Waals surface area contributed by atoms with E-state index in [4.69, 9.17) is 10.5 Å². The first-order valence-electron chi connectivity index (χ1n) is 6.03. The van der Waals surface area contributed by atoms with Crippen LogP contribution in [0.4, 0.5) is 5.82 Å². The maximum atomic E-state index is 11.8. The molecule has 0 saturated heterocycles. The Morgan fingerprint density at radius 3 is 2.89 bits per heavy atom. The molecule has 0 fully saturated rings. The number of imidazole rings is 1. The van der Waals surface area contributed by atoms with Crippen LogP contribution in [-0.2, 0) is 9.53 Å². The maximum Gasteiger partial charge on any atom is 0.328 e. The molecular formula is C13H16N4O2. The third-order valence-electron chi connectivity index (χ3n) is 2.79. The van der Waals surface area contributed by atoms with E-state index >= 15 is 0 Å². The van der Waals surface area contributed by atoms with E-state index in [0.717, 1.165) is 11.3 Å². The summed E-state index contributed by atoms with van der Waals surface area (Å²) in [6.07, 6.45) is 4.94. The summed E-state index contributed by atoms with van der Waals surface area (Å²) >= 11 is 0. The quantitative estimate of drug-likeness (QED) is 0.845. The van der Waals surface area contributed by atoms with Crippen molar-refractivity contribution in [2.45, 2.75) is 19.9 Å². The highest BCUT2D eigenvalue weighted by atomic mass is 16.5. The van der Waals surface area contributed by atoms with Gasteiger partial charge in [0.25, 0.3) is 0 Å². The molecule has 2 heterocycles. The van der Waals surface area contributed by atoms with Crippen LogP contribution >= 0.6 is 0 Å². The average Bonchev–Trinajstić information content (AvgIpc) is 2.88. The summed E-state index contributed by atoms with van der Waals surface area (Å²) in [5, 5.41) is 0. The lowest BCUT2D eigenvalue weighted by atomic mass is 10.2. The van der Waals surface area contributed by atoms with Crippen molar-refractivity contribution in [3.63, 3.8) is 0 Å². The van der Waals surface area contributed by atoms with Crippen molar-refractivity contribution < 1.29 is 9.53 Å². The van der Waals surface area contributed by atoms with Crippen LogP contribution in [0.25, 0.3) is 11.3 Å². The smallest absolute Gasteiger partial charge is 0.328 e. The largest absolute Gasteiger partial charge is 0.464 e. The summed E-state index contributed by atoms with van der Waals surface area (Å²) in [5.41, 5.74) is 7.21. The van der Waals surface area contributed by atoms with Gasteiger partial charge in [0.1, 0.15) is 11.9 Å². The first-order chi connectivity index (χ1) is 9.13. The van der Waals surface area contributed by atoms with E-state index in [1.165, 1.54) is 0 Å². The number of aromatic nitrogens is 3. The van der Waals surface area contributed by atoms with Crippen LogP contribution in [0.3, 0.4) is 0 Å². The van der Waals surface area contributed by atoms with Gasteiger partial charge in [-0.25, -0.2) is 14.8 Å². The van der Waals surface area contributed by atoms with Crippen molar-refractivity contribution in [1.82, 2.24) is 14.5 Å². The molecule has 19 heavy (non-hydrogen) atoms. The number of rotatable bonds is 4. The monoisotopic (exact) mass is 260 g/mol. The van der Waals surface area contributed by atoms with Crippen LogP contribution in [0, 0.1) is 0 Å². The fourth-order valence-corrected chi connectivity index (χ4v) is 1.77. The summed E-state index contributed by atoms with van der Waals surface area (Å²) in [5.74, 6) is 0.165. The number of nitrogens with two attached hydrogens (primary N) is 1. The van der Waals surface area contributed by atoms with Gasteiger partial charge in [-0.15, -0.1) is 0 Å². The highest BCUT2D eigenvalue weighted by Crippen LogP contribution is 2.22. The lowest BCUT2D eigenvalue weighted by Crippen LogP contribution is -2.19. The number of carbonyl (C=O) groups excluding carboxylic acids is 1. The van der Waals surface area contributed by atoms with Crippen molar-refractivity contribution in [3.8, 4) is 11.3 Å². The van der Waals surface area contributed by atoms with Crippen molar-refractivity contribution in [2.24, 2.45) is 0 Å². The molecule has 0 amide bonds. The Morgan fingerprint density at radius 1 is 1.47 bits per heavy atom. The molecule has 0 aliphatic rings. The Morgan fingerprint density at radius 2 is 2.26 bits per heavy atom.